The van der Waals surface area contributed by atoms with Crippen molar-refractivity contribution in [3.63, 3.8) is 0 Å². The van der Waals surface area contributed by atoms with Crippen LogP contribution in [0.2, 0.25) is 0 Å². The van der Waals surface area contributed by atoms with E-state index in [1.54, 1.807) is 6.26 Å². The Morgan fingerprint density at radius 1 is 1.42 bits per heavy atom. The van der Waals surface area contributed by atoms with Gasteiger partial charge in [-0.3, -0.25) is 0 Å². The molecule has 1 amide bonds. The van der Waals surface area contributed by atoms with Crippen molar-refractivity contribution in [2.45, 2.75) is 18.9 Å². The summed E-state index contributed by atoms with van der Waals surface area (Å²) in [6.45, 7) is 1.52. The molecule has 2 aromatic rings. The maximum Gasteiger partial charge on any atom is 0.404 e. The Bertz CT molecular complexity index is 589. The Morgan fingerprint density at radius 3 is 2.95 bits per heavy atom. The molecule has 1 aliphatic heterocycles. The van der Waals surface area contributed by atoms with Crippen LogP contribution in [0.25, 0.3) is 11.1 Å². The molecule has 1 saturated heterocycles. The molecule has 19 heavy (non-hydrogen) atoms. The van der Waals surface area contributed by atoms with Gasteiger partial charge in [0.2, 0.25) is 5.71 Å². The molecule has 100 valence electrons. The van der Waals surface area contributed by atoms with E-state index in [1.807, 2.05) is 6.07 Å². The number of nitrogens with zero attached hydrogens (tertiary/aromatic N) is 3. The van der Waals surface area contributed by atoms with E-state index in [0.717, 1.165) is 37.1 Å². The monoisotopic (exact) mass is 262 g/mol. The van der Waals surface area contributed by atoms with Crippen LogP contribution in [0.15, 0.2) is 23.1 Å². The zero-order chi connectivity index (χ0) is 13.2. The van der Waals surface area contributed by atoms with Gasteiger partial charge in [-0.25, -0.2) is 14.8 Å². The molecule has 0 saturated carbocycles. The smallest absolute Gasteiger partial charge is 0.404 e. The molecule has 7 heteroatoms. The second-order valence-electron chi connectivity index (χ2n) is 4.46. The number of anilines is 1. The van der Waals surface area contributed by atoms with E-state index in [2.05, 4.69) is 14.9 Å². The predicted molar refractivity (Wildman–Crippen MR) is 67.7 cm³/mol. The van der Waals surface area contributed by atoms with Crippen LogP contribution in [0.3, 0.4) is 0 Å². The van der Waals surface area contributed by atoms with E-state index in [-0.39, 0.29) is 6.10 Å². The highest BCUT2D eigenvalue weighted by Crippen LogP contribution is 2.26. The Balaban J connectivity index is 1.75. The number of rotatable bonds is 2. The predicted octanol–water partition coefficient (Wildman–Crippen LogP) is 1.29. The SMILES string of the molecule is NC(=O)OC1CCN(c2ncnc3occc23)CC1. The second-order valence-corrected chi connectivity index (χ2v) is 4.46. The van der Waals surface area contributed by atoms with Crippen LogP contribution >= 0.6 is 0 Å². The van der Waals surface area contributed by atoms with Gasteiger partial charge in [-0.15, -0.1) is 0 Å². The quantitative estimate of drug-likeness (QED) is 0.876. The first-order chi connectivity index (χ1) is 9.24. The summed E-state index contributed by atoms with van der Waals surface area (Å²) >= 11 is 0. The maximum atomic E-state index is 10.7. The topological polar surface area (TPSA) is 94.5 Å². The summed E-state index contributed by atoms with van der Waals surface area (Å²) in [5, 5.41) is 0.900. The summed E-state index contributed by atoms with van der Waals surface area (Å²) < 4.78 is 10.3. The highest BCUT2D eigenvalue weighted by atomic mass is 16.6. The fourth-order valence-corrected chi connectivity index (χ4v) is 2.38. The number of nitrogens with two attached hydrogens (primary N) is 1. The number of fused-ring (bicyclic) bond motifs is 1. The number of amides is 1. The molecule has 7 nitrogen and oxygen atoms in total. The number of carbonyl (C=O) groups excluding carboxylic acids is 1. The molecule has 0 spiro atoms. The van der Waals surface area contributed by atoms with Crippen molar-refractivity contribution >= 4 is 23.0 Å². The van der Waals surface area contributed by atoms with Crippen molar-refractivity contribution in [2.24, 2.45) is 5.73 Å². The summed E-state index contributed by atoms with van der Waals surface area (Å²) in [6, 6.07) is 1.86. The summed E-state index contributed by atoms with van der Waals surface area (Å²) in [5.41, 5.74) is 5.61. The molecule has 0 aliphatic carbocycles. The molecule has 1 aliphatic rings. The van der Waals surface area contributed by atoms with Crippen molar-refractivity contribution in [1.29, 1.82) is 0 Å². The van der Waals surface area contributed by atoms with Gasteiger partial charge in [0, 0.05) is 25.9 Å². The van der Waals surface area contributed by atoms with Crippen LogP contribution < -0.4 is 10.6 Å². The zero-order valence-corrected chi connectivity index (χ0v) is 10.3. The molecule has 0 aromatic carbocycles. The Morgan fingerprint density at radius 2 is 2.21 bits per heavy atom. The largest absolute Gasteiger partial charge is 0.446 e. The third-order valence-corrected chi connectivity index (χ3v) is 3.27. The van der Waals surface area contributed by atoms with Gasteiger partial charge >= 0.3 is 6.09 Å². The molecule has 0 bridgehead atoms. The van der Waals surface area contributed by atoms with Crippen molar-refractivity contribution < 1.29 is 13.9 Å². The third kappa shape index (κ3) is 2.31. The summed E-state index contributed by atoms with van der Waals surface area (Å²) in [6.07, 6.45) is 3.77. The molecule has 0 radical (unpaired) electrons. The molecule has 2 N–H and O–H groups in total. The van der Waals surface area contributed by atoms with E-state index in [4.69, 9.17) is 14.9 Å². The average Bonchev–Trinajstić information content (AvgIpc) is 2.87. The summed E-state index contributed by atoms with van der Waals surface area (Å²) in [4.78, 5) is 21.2. The normalized spacial score (nSPS) is 16.7. The number of hydrogen-bond donors (Lipinski definition) is 1. The number of hydrogen-bond acceptors (Lipinski definition) is 6. The number of carbonyl (C=O) groups is 1. The fraction of sp³-hybridized carbons (Fsp3) is 0.417. The zero-order valence-electron chi connectivity index (χ0n) is 10.3. The van der Waals surface area contributed by atoms with Gasteiger partial charge in [-0.05, 0) is 6.07 Å². The lowest BCUT2D eigenvalue weighted by atomic mass is 10.1. The van der Waals surface area contributed by atoms with E-state index < -0.39 is 6.09 Å². The molecular weight excluding hydrogens is 248 g/mol. The van der Waals surface area contributed by atoms with Gasteiger partial charge in [0.15, 0.2) is 0 Å². The maximum absolute atomic E-state index is 10.7. The van der Waals surface area contributed by atoms with Crippen LogP contribution in [0.4, 0.5) is 10.6 Å². The Kier molecular flexibility index (Phi) is 2.94. The number of furan rings is 1. The van der Waals surface area contributed by atoms with Crippen LogP contribution in [0, 0.1) is 0 Å². The van der Waals surface area contributed by atoms with Crippen LogP contribution in [0.1, 0.15) is 12.8 Å². The van der Waals surface area contributed by atoms with Crippen LogP contribution in [-0.4, -0.2) is 35.3 Å². The average molecular weight is 262 g/mol. The standard InChI is InChI=1S/C12H14N4O3/c13-12(17)19-8-1-4-16(5-2-8)10-9-3-6-18-11(9)15-7-14-10/h3,6-8H,1-2,4-5H2,(H2,13,17). The van der Waals surface area contributed by atoms with Gasteiger partial charge in [0.05, 0.1) is 11.6 Å². The minimum absolute atomic E-state index is 0.101. The first-order valence-corrected chi connectivity index (χ1v) is 6.13. The highest BCUT2D eigenvalue weighted by Gasteiger charge is 2.23. The second kappa shape index (κ2) is 4.75. The molecule has 1 fully saturated rings. The third-order valence-electron chi connectivity index (χ3n) is 3.27. The minimum atomic E-state index is -0.710. The highest BCUT2D eigenvalue weighted by molar-refractivity contribution is 5.85. The van der Waals surface area contributed by atoms with E-state index in [0.29, 0.717) is 5.71 Å². The lowest BCUT2D eigenvalue weighted by Gasteiger charge is -2.32. The molecule has 2 aromatic heterocycles. The van der Waals surface area contributed by atoms with Gasteiger partial charge in [-0.1, -0.05) is 0 Å². The lowest BCUT2D eigenvalue weighted by Crippen LogP contribution is -2.39. The van der Waals surface area contributed by atoms with Crippen LogP contribution in [0.5, 0.6) is 0 Å². The van der Waals surface area contributed by atoms with Crippen LogP contribution in [-0.2, 0) is 4.74 Å². The number of ether oxygens (including phenoxy) is 1. The van der Waals surface area contributed by atoms with E-state index >= 15 is 0 Å². The van der Waals surface area contributed by atoms with Gasteiger partial charge < -0.3 is 19.8 Å². The van der Waals surface area contributed by atoms with E-state index in [9.17, 15) is 4.79 Å². The van der Waals surface area contributed by atoms with Crippen molar-refractivity contribution in [1.82, 2.24) is 9.97 Å². The minimum Gasteiger partial charge on any atom is -0.446 e. The number of primary amides is 1. The molecule has 3 heterocycles. The number of piperidine rings is 1. The summed E-state index contributed by atoms with van der Waals surface area (Å²) in [7, 11) is 0. The first-order valence-electron chi connectivity index (χ1n) is 6.13. The van der Waals surface area contributed by atoms with Crippen molar-refractivity contribution in [3.05, 3.63) is 18.7 Å². The van der Waals surface area contributed by atoms with E-state index in [1.165, 1.54) is 6.33 Å². The Labute approximate surface area is 109 Å². The Hall–Kier alpha value is -2.31. The van der Waals surface area contributed by atoms with Crippen molar-refractivity contribution in [3.8, 4) is 0 Å². The lowest BCUT2D eigenvalue weighted by molar-refractivity contribution is 0.0912. The molecule has 0 atom stereocenters. The fourth-order valence-electron chi connectivity index (χ4n) is 2.38. The van der Waals surface area contributed by atoms with Gasteiger partial charge in [0.1, 0.15) is 18.2 Å². The number of aromatic nitrogens is 2. The molecular formula is C12H14N4O3. The first kappa shape index (κ1) is 11.8. The molecule has 0 unspecified atom stereocenters. The van der Waals surface area contributed by atoms with Crippen molar-refractivity contribution in [2.75, 3.05) is 18.0 Å². The molecule has 3 rings (SSSR count). The van der Waals surface area contributed by atoms with Gasteiger partial charge in [0.25, 0.3) is 0 Å². The summed E-state index contributed by atoms with van der Waals surface area (Å²) in [5.74, 6) is 0.858. The van der Waals surface area contributed by atoms with Gasteiger partial charge in [-0.2, -0.15) is 0 Å².